The SMILES string of the molecule is CCC(CC)c1c(C(=O)O)nnn1-c1cccc(C(=O)O)c1. The van der Waals surface area contributed by atoms with Crippen LogP contribution in [0.15, 0.2) is 24.3 Å². The predicted octanol–water partition coefficient (Wildman–Crippen LogP) is 2.57. The Morgan fingerprint density at radius 1 is 1.18 bits per heavy atom. The van der Waals surface area contributed by atoms with Crippen LogP contribution >= 0.6 is 0 Å². The summed E-state index contributed by atoms with van der Waals surface area (Å²) in [4.78, 5) is 22.5. The molecular weight excluding hydrogens is 286 g/mol. The van der Waals surface area contributed by atoms with Crippen LogP contribution in [0, 0.1) is 0 Å². The zero-order valence-electron chi connectivity index (χ0n) is 12.4. The summed E-state index contributed by atoms with van der Waals surface area (Å²) in [5, 5.41) is 26.0. The zero-order chi connectivity index (χ0) is 16.3. The van der Waals surface area contributed by atoms with Gasteiger partial charge >= 0.3 is 11.9 Å². The Labute approximate surface area is 127 Å². The molecule has 7 heteroatoms. The average Bonchev–Trinajstić information content (AvgIpc) is 2.94. The maximum absolute atomic E-state index is 11.4. The Morgan fingerprint density at radius 2 is 1.86 bits per heavy atom. The molecule has 0 saturated heterocycles. The van der Waals surface area contributed by atoms with E-state index >= 15 is 0 Å². The van der Waals surface area contributed by atoms with Crippen molar-refractivity contribution in [2.45, 2.75) is 32.6 Å². The molecule has 2 aromatic rings. The molecule has 22 heavy (non-hydrogen) atoms. The van der Waals surface area contributed by atoms with Crippen LogP contribution in [-0.2, 0) is 0 Å². The van der Waals surface area contributed by atoms with E-state index in [1.54, 1.807) is 12.1 Å². The van der Waals surface area contributed by atoms with Gasteiger partial charge in [-0.05, 0) is 31.0 Å². The minimum atomic E-state index is -1.14. The van der Waals surface area contributed by atoms with Crippen LogP contribution in [0.2, 0.25) is 0 Å². The van der Waals surface area contributed by atoms with Gasteiger partial charge in [-0.2, -0.15) is 0 Å². The first-order valence-corrected chi connectivity index (χ1v) is 7.02. The normalized spacial score (nSPS) is 10.9. The second-order valence-electron chi connectivity index (χ2n) is 4.91. The molecule has 0 saturated carbocycles. The summed E-state index contributed by atoms with van der Waals surface area (Å²) in [7, 11) is 0. The highest BCUT2D eigenvalue weighted by atomic mass is 16.4. The van der Waals surface area contributed by atoms with Gasteiger partial charge in [-0.1, -0.05) is 25.1 Å². The molecular formula is C15H17N3O4. The van der Waals surface area contributed by atoms with Gasteiger partial charge < -0.3 is 10.2 Å². The summed E-state index contributed by atoms with van der Waals surface area (Å²) in [6.07, 6.45) is 1.48. The molecule has 2 rings (SSSR count). The van der Waals surface area contributed by atoms with Crippen molar-refractivity contribution in [3.8, 4) is 5.69 Å². The lowest BCUT2D eigenvalue weighted by Gasteiger charge is -2.15. The topological polar surface area (TPSA) is 105 Å². The number of rotatable bonds is 6. The summed E-state index contributed by atoms with van der Waals surface area (Å²) in [5.41, 5.74) is 1.01. The van der Waals surface area contributed by atoms with Gasteiger partial charge in [-0.15, -0.1) is 5.10 Å². The van der Waals surface area contributed by atoms with Crippen LogP contribution in [0.25, 0.3) is 5.69 Å². The monoisotopic (exact) mass is 303 g/mol. The lowest BCUT2D eigenvalue weighted by Crippen LogP contribution is -2.12. The first-order valence-electron chi connectivity index (χ1n) is 7.02. The number of benzene rings is 1. The van der Waals surface area contributed by atoms with Crippen molar-refractivity contribution in [1.82, 2.24) is 15.0 Å². The van der Waals surface area contributed by atoms with Gasteiger partial charge in [0.1, 0.15) is 0 Å². The number of carboxylic acids is 2. The number of hydrogen-bond acceptors (Lipinski definition) is 4. The number of aromatic carboxylic acids is 2. The lowest BCUT2D eigenvalue weighted by atomic mass is 9.97. The molecule has 116 valence electrons. The van der Waals surface area contributed by atoms with E-state index in [0.29, 0.717) is 11.4 Å². The number of nitrogens with zero attached hydrogens (tertiary/aromatic N) is 3. The van der Waals surface area contributed by atoms with Crippen LogP contribution in [0.1, 0.15) is 59.1 Å². The van der Waals surface area contributed by atoms with E-state index in [4.69, 9.17) is 5.11 Å². The summed E-state index contributed by atoms with van der Waals surface area (Å²) in [5.74, 6) is -2.21. The zero-order valence-corrected chi connectivity index (χ0v) is 12.4. The van der Waals surface area contributed by atoms with E-state index < -0.39 is 11.9 Å². The quantitative estimate of drug-likeness (QED) is 0.849. The van der Waals surface area contributed by atoms with Gasteiger partial charge in [-0.25, -0.2) is 14.3 Å². The van der Waals surface area contributed by atoms with Gasteiger partial charge in [0.05, 0.1) is 16.9 Å². The van der Waals surface area contributed by atoms with E-state index in [2.05, 4.69) is 10.3 Å². The van der Waals surface area contributed by atoms with Crippen LogP contribution in [-0.4, -0.2) is 37.1 Å². The molecule has 0 aliphatic heterocycles. The first kappa shape index (κ1) is 15.7. The smallest absolute Gasteiger partial charge is 0.358 e. The van der Waals surface area contributed by atoms with Gasteiger partial charge in [0.15, 0.2) is 5.69 Å². The van der Waals surface area contributed by atoms with Crippen molar-refractivity contribution >= 4 is 11.9 Å². The molecule has 7 nitrogen and oxygen atoms in total. The minimum Gasteiger partial charge on any atom is -0.478 e. The molecule has 0 atom stereocenters. The number of hydrogen-bond donors (Lipinski definition) is 2. The highest BCUT2D eigenvalue weighted by molar-refractivity contribution is 5.88. The van der Waals surface area contributed by atoms with E-state index in [0.717, 1.165) is 12.8 Å². The highest BCUT2D eigenvalue weighted by Gasteiger charge is 2.25. The molecule has 0 unspecified atom stereocenters. The molecule has 1 heterocycles. The van der Waals surface area contributed by atoms with Crippen molar-refractivity contribution < 1.29 is 19.8 Å². The van der Waals surface area contributed by atoms with Crippen LogP contribution in [0.4, 0.5) is 0 Å². The number of carbonyl (C=O) groups is 2. The lowest BCUT2D eigenvalue weighted by molar-refractivity contribution is 0.0681. The summed E-state index contributed by atoms with van der Waals surface area (Å²) in [6.45, 7) is 3.93. The Morgan fingerprint density at radius 3 is 2.41 bits per heavy atom. The minimum absolute atomic E-state index is 0.0189. The van der Waals surface area contributed by atoms with E-state index in [1.165, 1.54) is 16.8 Å². The van der Waals surface area contributed by atoms with E-state index in [-0.39, 0.29) is 17.2 Å². The third kappa shape index (κ3) is 2.83. The molecule has 0 fully saturated rings. The van der Waals surface area contributed by atoms with Crippen molar-refractivity contribution in [3.63, 3.8) is 0 Å². The predicted molar refractivity (Wildman–Crippen MR) is 78.6 cm³/mol. The Bertz CT molecular complexity index is 705. The summed E-state index contributed by atoms with van der Waals surface area (Å²) >= 11 is 0. The fourth-order valence-electron chi connectivity index (χ4n) is 2.44. The number of carboxylic acid groups (broad SMARTS) is 2. The molecule has 0 bridgehead atoms. The molecule has 0 aliphatic carbocycles. The Balaban J connectivity index is 2.63. The van der Waals surface area contributed by atoms with Crippen molar-refractivity contribution in [1.29, 1.82) is 0 Å². The van der Waals surface area contributed by atoms with Crippen LogP contribution < -0.4 is 0 Å². The molecule has 1 aromatic heterocycles. The van der Waals surface area contributed by atoms with Gasteiger partial charge in [-0.3, -0.25) is 0 Å². The third-order valence-corrected chi connectivity index (χ3v) is 3.62. The van der Waals surface area contributed by atoms with Crippen molar-refractivity contribution in [2.75, 3.05) is 0 Å². The van der Waals surface area contributed by atoms with Crippen LogP contribution in [0.3, 0.4) is 0 Å². The molecule has 0 amide bonds. The molecule has 0 spiro atoms. The maximum Gasteiger partial charge on any atom is 0.358 e. The third-order valence-electron chi connectivity index (χ3n) is 3.62. The fourth-order valence-corrected chi connectivity index (χ4v) is 2.44. The molecule has 0 radical (unpaired) electrons. The Kier molecular flexibility index (Phi) is 4.55. The highest BCUT2D eigenvalue weighted by Crippen LogP contribution is 2.27. The molecule has 0 aliphatic rings. The largest absolute Gasteiger partial charge is 0.478 e. The van der Waals surface area contributed by atoms with E-state index in [9.17, 15) is 14.7 Å². The fraction of sp³-hybridized carbons (Fsp3) is 0.333. The number of aromatic nitrogens is 3. The van der Waals surface area contributed by atoms with Crippen molar-refractivity contribution in [3.05, 3.63) is 41.2 Å². The standard InChI is InChI=1S/C15H17N3O4/c1-3-9(4-2)13-12(15(21)22)16-17-18(13)11-7-5-6-10(8-11)14(19)20/h5-9H,3-4H2,1-2H3,(H,19,20)(H,21,22). The molecule has 1 aromatic carbocycles. The molecule has 2 N–H and O–H groups in total. The van der Waals surface area contributed by atoms with Gasteiger partial charge in [0.25, 0.3) is 0 Å². The van der Waals surface area contributed by atoms with Crippen molar-refractivity contribution in [2.24, 2.45) is 0 Å². The second-order valence-corrected chi connectivity index (χ2v) is 4.91. The van der Waals surface area contributed by atoms with Gasteiger partial charge in [0.2, 0.25) is 0 Å². The summed E-state index contributed by atoms with van der Waals surface area (Å²) < 4.78 is 1.42. The maximum atomic E-state index is 11.4. The Hall–Kier alpha value is -2.70. The van der Waals surface area contributed by atoms with Crippen LogP contribution in [0.5, 0.6) is 0 Å². The average molecular weight is 303 g/mol. The van der Waals surface area contributed by atoms with E-state index in [1.807, 2.05) is 13.8 Å². The van der Waals surface area contributed by atoms with Gasteiger partial charge in [0, 0.05) is 5.92 Å². The summed E-state index contributed by atoms with van der Waals surface area (Å²) in [6, 6.07) is 6.20. The second kappa shape index (κ2) is 6.38. The first-order chi connectivity index (χ1) is 10.5.